The van der Waals surface area contributed by atoms with Gasteiger partial charge in [0.2, 0.25) is 11.8 Å². The Bertz CT molecular complexity index is 1300. The highest BCUT2D eigenvalue weighted by Gasteiger charge is 2.54. The first-order chi connectivity index (χ1) is 21.1. The highest BCUT2D eigenvalue weighted by atomic mass is 16.5. The van der Waals surface area contributed by atoms with Crippen molar-refractivity contribution in [2.24, 2.45) is 0 Å². The normalized spacial score (nSPS) is 22.4. The molecule has 0 bridgehead atoms. The summed E-state index contributed by atoms with van der Waals surface area (Å²) in [5.41, 5.74) is -0.191. The van der Waals surface area contributed by atoms with E-state index < -0.39 is 23.3 Å². The molecule has 1 spiro atoms. The van der Waals surface area contributed by atoms with Gasteiger partial charge in [0.1, 0.15) is 23.1 Å². The van der Waals surface area contributed by atoms with Crippen molar-refractivity contribution in [3.05, 3.63) is 59.7 Å². The smallest absolute Gasteiger partial charge is 0.251 e. The lowest BCUT2D eigenvalue weighted by molar-refractivity contribution is -0.164. The fourth-order valence-corrected chi connectivity index (χ4v) is 6.90. The Morgan fingerprint density at radius 3 is 2.20 bits per heavy atom. The lowest BCUT2D eigenvalue weighted by Crippen LogP contribution is -2.73. The van der Waals surface area contributed by atoms with E-state index in [2.05, 4.69) is 15.5 Å². The number of piperidine rings is 1. The van der Waals surface area contributed by atoms with Gasteiger partial charge in [0.05, 0.1) is 11.7 Å². The van der Waals surface area contributed by atoms with Crippen LogP contribution in [0.15, 0.2) is 48.5 Å². The first kappa shape index (κ1) is 31.9. The third-order valence-electron chi connectivity index (χ3n) is 9.54. The number of carbonyl (C=O) groups excluding carboxylic acids is 3. The van der Waals surface area contributed by atoms with Gasteiger partial charge in [-0.3, -0.25) is 19.3 Å². The standard InChI is InChI=1S/C34H46N4O6/c1-24(39)14-19-38-31(41)29(22-33(43)15-4-3-5-16-33)36-32(42)34(38)17-20-37(21-18-34)23-25-6-10-27(11-7-25)44-28-12-8-26(9-13-28)30(40)35-2/h6-13,24,29,39,43H,3-5,14-23H2,1-2H3,(H,35,40)(H,36,42)/t24?,29-/m1/s1. The largest absolute Gasteiger partial charge is 0.457 e. The second kappa shape index (κ2) is 13.7. The van der Waals surface area contributed by atoms with Crippen molar-refractivity contribution in [3.63, 3.8) is 0 Å². The molecule has 2 saturated heterocycles. The van der Waals surface area contributed by atoms with E-state index in [1.807, 2.05) is 24.3 Å². The van der Waals surface area contributed by atoms with Gasteiger partial charge < -0.3 is 30.5 Å². The summed E-state index contributed by atoms with van der Waals surface area (Å²) in [5.74, 6) is 0.902. The fraction of sp³-hybridized carbons (Fsp3) is 0.559. The Balaban J connectivity index is 1.20. The predicted octanol–water partition coefficient (Wildman–Crippen LogP) is 3.36. The van der Waals surface area contributed by atoms with Gasteiger partial charge in [0, 0.05) is 45.2 Å². The molecule has 1 unspecified atom stereocenters. The number of hydrogen-bond acceptors (Lipinski definition) is 7. The molecule has 2 aromatic rings. The lowest BCUT2D eigenvalue weighted by atomic mass is 9.77. The number of nitrogens with zero attached hydrogens (tertiary/aromatic N) is 2. The van der Waals surface area contributed by atoms with Crippen LogP contribution in [0.4, 0.5) is 0 Å². The molecule has 0 aromatic heterocycles. The minimum absolute atomic E-state index is 0.142. The molecule has 10 nitrogen and oxygen atoms in total. The Morgan fingerprint density at radius 2 is 1.61 bits per heavy atom. The third-order valence-corrected chi connectivity index (χ3v) is 9.54. The molecule has 3 aliphatic rings. The zero-order chi connectivity index (χ0) is 31.3. The third kappa shape index (κ3) is 7.25. The van der Waals surface area contributed by atoms with Crippen LogP contribution < -0.4 is 15.4 Å². The van der Waals surface area contributed by atoms with Crippen LogP contribution in [0.1, 0.15) is 80.6 Å². The van der Waals surface area contributed by atoms with E-state index in [-0.39, 0.29) is 24.1 Å². The number of hydrogen-bond donors (Lipinski definition) is 4. The molecule has 10 heteroatoms. The predicted molar refractivity (Wildman–Crippen MR) is 166 cm³/mol. The molecule has 44 heavy (non-hydrogen) atoms. The number of rotatable bonds is 10. The summed E-state index contributed by atoms with van der Waals surface area (Å²) < 4.78 is 5.94. The van der Waals surface area contributed by atoms with Crippen molar-refractivity contribution in [3.8, 4) is 11.5 Å². The minimum atomic E-state index is -0.945. The Morgan fingerprint density at radius 1 is 1.00 bits per heavy atom. The van der Waals surface area contributed by atoms with Crippen LogP contribution in [0.25, 0.3) is 0 Å². The molecule has 1 aliphatic carbocycles. The minimum Gasteiger partial charge on any atom is -0.457 e. The number of amides is 3. The summed E-state index contributed by atoms with van der Waals surface area (Å²) in [7, 11) is 1.60. The zero-order valence-electron chi connectivity index (χ0n) is 25.9. The molecule has 2 atom stereocenters. The van der Waals surface area contributed by atoms with Gasteiger partial charge >= 0.3 is 0 Å². The molecule has 2 aromatic carbocycles. The lowest BCUT2D eigenvalue weighted by Gasteiger charge is -2.52. The number of aliphatic hydroxyl groups is 2. The number of ether oxygens (including phenoxy) is 1. The quantitative estimate of drug-likeness (QED) is 0.326. The van der Waals surface area contributed by atoms with E-state index in [0.29, 0.717) is 75.3 Å². The summed E-state index contributed by atoms with van der Waals surface area (Å²) in [5, 5.41) is 26.8. The van der Waals surface area contributed by atoms with Crippen LogP contribution in [0.3, 0.4) is 0 Å². The SMILES string of the molecule is CNC(=O)c1ccc(Oc2ccc(CN3CCC4(CC3)C(=O)N[C@H](CC3(O)CCCCC3)C(=O)N4CCC(C)O)cc2)cc1. The summed E-state index contributed by atoms with van der Waals surface area (Å²) in [4.78, 5) is 43.4. The van der Waals surface area contributed by atoms with Crippen LogP contribution in [-0.2, 0) is 16.1 Å². The molecule has 4 N–H and O–H groups in total. The number of likely N-dealkylation sites (tertiary alicyclic amines) is 1. The van der Waals surface area contributed by atoms with Crippen molar-refractivity contribution >= 4 is 17.7 Å². The van der Waals surface area contributed by atoms with Gasteiger partial charge in [-0.25, -0.2) is 0 Å². The van der Waals surface area contributed by atoms with Crippen LogP contribution in [0, 0.1) is 0 Å². The molecule has 5 rings (SSSR count). The summed E-state index contributed by atoms with van der Waals surface area (Å²) in [6, 6.07) is 14.1. The summed E-state index contributed by atoms with van der Waals surface area (Å²) in [6.45, 7) is 4.02. The van der Waals surface area contributed by atoms with E-state index in [1.165, 1.54) is 0 Å². The van der Waals surface area contributed by atoms with Crippen molar-refractivity contribution in [1.29, 1.82) is 0 Å². The van der Waals surface area contributed by atoms with E-state index in [1.54, 1.807) is 43.1 Å². The van der Waals surface area contributed by atoms with Crippen LogP contribution in [0.2, 0.25) is 0 Å². The van der Waals surface area contributed by atoms with Gasteiger partial charge in [0.15, 0.2) is 0 Å². The maximum absolute atomic E-state index is 13.8. The Hall–Kier alpha value is -3.47. The molecule has 3 amide bonds. The van der Waals surface area contributed by atoms with Gasteiger partial charge in [-0.1, -0.05) is 31.4 Å². The van der Waals surface area contributed by atoms with Gasteiger partial charge in [-0.2, -0.15) is 0 Å². The summed E-state index contributed by atoms with van der Waals surface area (Å²) >= 11 is 0. The second-order valence-electron chi connectivity index (χ2n) is 12.8. The maximum Gasteiger partial charge on any atom is 0.251 e. The van der Waals surface area contributed by atoms with E-state index in [4.69, 9.17) is 4.74 Å². The van der Waals surface area contributed by atoms with Crippen LogP contribution in [-0.4, -0.2) is 87.7 Å². The van der Waals surface area contributed by atoms with E-state index in [0.717, 1.165) is 24.8 Å². The van der Waals surface area contributed by atoms with Gasteiger partial charge in [-0.05, 0) is 81.0 Å². The zero-order valence-corrected chi connectivity index (χ0v) is 25.9. The second-order valence-corrected chi connectivity index (χ2v) is 12.8. The van der Waals surface area contributed by atoms with Crippen molar-refractivity contribution in [2.75, 3.05) is 26.7 Å². The average molecular weight is 607 g/mol. The topological polar surface area (TPSA) is 131 Å². The monoisotopic (exact) mass is 606 g/mol. The number of piperazine rings is 1. The highest BCUT2D eigenvalue weighted by Crippen LogP contribution is 2.38. The van der Waals surface area contributed by atoms with Gasteiger partial charge in [0.25, 0.3) is 5.91 Å². The Kier molecular flexibility index (Phi) is 9.92. The molecule has 1 saturated carbocycles. The number of benzene rings is 2. The molecule has 3 fully saturated rings. The van der Waals surface area contributed by atoms with Gasteiger partial charge in [-0.15, -0.1) is 0 Å². The molecular formula is C34H46N4O6. The number of nitrogens with one attached hydrogen (secondary N) is 2. The molecule has 2 heterocycles. The molecule has 2 aliphatic heterocycles. The number of aliphatic hydroxyl groups excluding tert-OH is 1. The Labute approximate surface area is 259 Å². The van der Waals surface area contributed by atoms with Crippen LogP contribution >= 0.6 is 0 Å². The average Bonchev–Trinajstić information content (AvgIpc) is 3.02. The maximum atomic E-state index is 13.8. The molecular weight excluding hydrogens is 560 g/mol. The van der Waals surface area contributed by atoms with Crippen molar-refractivity contribution < 1.29 is 29.3 Å². The van der Waals surface area contributed by atoms with Crippen molar-refractivity contribution in [1.82, 2.24) is 20.4 Å². The van der Waals surface area contributed by atoms with E-state index >= 15 is 0 Å². The first-order valence-electron chi connectivity index (χ1n) is 15.9. The number of carbonyl (C=O) groups is 3. The van der Waals surface area contributed by atoms with E-state index in [9.17, 15) is 24.6 Å². The highest BCUT2D eigenvalue weighted by molar-refractivity contribution is 6.00. The molecule has 0 radical (unpaired) electrons. The first-order valence-corrected chi connectivity index (χ1v) is 15.9. The van der Waals surface area contributed by atoms with Crippen LogP contribution in [0.5, 0.6) is 11.5 Å². The molecule has 238 valence electrons. The fourth-order valence-electron chi connectivity index (χ4n) is 6.90. The summed E-state index contributed by atoms with van der Waals surface area (Å²) in [6.07, 6.45) is 5.32. The van der Waals surface area contributed by atoms with Crippen molar-refractivity contribution in [2.45, 2.75) is 94.5 Å².